The first-order chi connectivity index (χ1) is 10.3. The largest absolute Gasteiger partial charge is 0.496 e. The number of hydrogen-bond donors (Lipinski definition) is 1. The van der Waals surface area contributed by atoms with Gasteiger partial charge in [-0.2, -0.15) is 5.26 Å². The molecule has 0 heterocycles. The third-order valence-electron chi connectivity index (χ3n) is 3.03. The van der Waals surface area contributed by atoms with E-state index in [4.69, 9.17) is 4.74 Å². The Labute approximate surface area is 129 Å². The van der Waals surface area contributed by atoms with E-state index in [-0.39, 0.29) is 0 Å². The number of rotatable bonds is 6. The maximum absolute atomic E-state index is 9.36. The number of methoxy groups -OCH3 is 1. The lowest BCUT2D eigenvalue weighted by atomic mass is 10.1. The third kappa shape index (κ3) is 4.01. The number of ether oxygens (including phenoxy) is 1. The smallest absolute Gasteiger partial charge is 0.132 e. The maximum atomic E-state index is 9.36. The molecule has 0 saturated carbocycles. The highest BCUT2D eigenvalue weighted by atomic mass is 32.2. The second kappa shape index (κ2) is 7.72. The number of nitriles is 1. The molecule has 2 aromatic rings. The van der Waals surface area contributed by atoms with E-state index in [1.807, 2.05) is 36.4 Å². The molecule has 3 nitrogen and oxygen atoms in total. The van der Waals surface area contributed by atoms with Crippen LogP contribution in [0.2, 0.25) is 0 Å². The van der Waals surface area contributed by atoms with Crippen molar-refractivity contribution >= 4 is 11.8 Å². The van der Waals surface area contributed by atoms with Crippen molar-refractivity contribution in [3.8, 4) is 11.8 Å². The van der Waals surface area contributed by atoms with E-state index in [0.717, 1.165) is 34.2 Å². The fourth-order valence-corrected chi connectivity index (χ4v) is 2.94. The molecule has 2 rings (SSSR count). The van der Waals surface area contributed by atoms with Crippen LogP contribution in [0.3, 0.4) is 0 Å². The first-order valence-electron chi connectivity index (χ1n) is 6.83. The average molecular weight is 298 g/mol. The quantitative estimate of drug-likeness (QED) is 0.880. The van der Waals surface area contributed by atoms with Gasteiger partial charge >= 0.3 is 0 Å². The van der Waals surface area contributed by atoms with Gasteiger partial charge in [0.15, 0.2) is 0 Å². The lowest BCUT2D eigenvalue weighted by molar-refractivity contribution is 0.405. The Morgan fingerprint density at radius 1 is 1.19 bits per heavy atom. The summed E-state index contributed by atoms with van der Waals surface area (Å²) >= 11 is 1.55. The van der Waals surface area contributed by atoms with Crippen molar-refractivity contribution in [1.82, 2.24) is 5.32 Å². The summed E-state index contributed by atoms with van der Waals surface area (Å²) < 4.78 is 5.35. The van der Waals surface area contributed by atoms with Crippen molar-refractivity contribution in [2.24, 2.45) is 0 Å². The molecule has 21 heavy (non-hydrogen) atoms. The van der Waals surface area contributed by atoms with Crippen molar-refractivity contribution in [3.63, 3.8) is 0 Å². The van der Waals surface area contributed by atoms with Gasteiger partial charge in [0.2, 0.25) is 0 Å². The molecule has 0 aliphatic carbocycles. The highest BCUT2D eigenvalue weighted by Crippen LogP contribution is 2.36. The minimum atomic E-state index is 0.696. The second-order valence-corrected chi connectivity index (χ2v) is 5.56. The van der Waals surface area contributed by atoms with Crippen LogP contribution in [0.5, 0.6) is 5.75 Å². The van der Waals surface area contributed by atoms with Crippen LogP contribution in [0.15, 0.2) is 52.3 Å². The van der Waals surface area contributed by atoms with E-state index in [0.29, 0.717) is 5.56 Å². The molecular formula is C17H18N2OS. The van der Waals surface area contributed by atoms with E-state index in [1.165, 1.54) is 0 Å². The van der Waals surface area contributed by atoms with Gasteiger partial charge in [-0.25, -0.2) is 0 Å². The molecule has 2 aromatic carbocycles. The highest BCUT2D eigenvalue weighted by Gasteiger charge is 2.09. The Morgan fingerprint density at radius 2 is 2.00 bits per heavy atom. The first-order valence-corrected chi connectivity index (χ1v) is 7.64. The fourth-order valence-electron chi connectivity index (χ4n) is 1.95. The third-order valence-corrected chi connectivity index (χ3v) is 4.17. The van der Waals surface area contributed by atoms with Crippen LogP contribution >= 0.6 is 11.8 Å². The summed E-state index contributed by atoms with van der Waals surface area (Å²) in [5.41, 5.74) is 1.82. The van der Waals surface area contributed by atoms with Gasteiger partial charge in [0.25, 0.3) is 0 Å². The summed E-state index contributed by atoms with van der Waals surface area (Å²) in [5, 5.41) is 12.6. The van der Waals surface area contributed by atoms with Crippen LogP contribution in [0.25, 0.3) is 0 Å². The van der Waals surface area contributed by atoms with Crippen molar-refractivity contribution in [2.45, 2.75) is 23.3 Å². The molecule has 0 radical (unpaired) electrons. The molecular weight excluding hydrogens is 280 g/mol. The molecule has 4 heteroatoms. The Morgan fingerprint density at radius 3 is 2.71 bits per heavy atom. The predicted octanol–water partition coefficient (Wildman–Crippen LogP) is 3.83. The molecule has 0 aliphatic heterocycles. The van der Waals surface area contributed by atoms with E-state index in [1.54, 1.807) is 18.9 Å². The van der Waals surface area contributed by atoms with Gasteiger partial charge < -0.3 is 10.1 Å². The summed E-state index contributed by atoms with van der Waals surface area (Å²) in [7, 11) is 1.66. The van der Waals surface area contributed by atoms with Gasteiger partial charge in [-0.1, -0.05) is 36.9 Å². The highest BCUT2D eigenvalue weighted by molar-refractivity contribution is 7.99. The first kappa shape index (κ1) is 15.4. The summed E-state index contributed by atoms with van der Waals surface area (Å²) in [6, 6.07) is 16.1. The van der Waals surface area contributed by atoms with Gasteiger partial charge in [-0.3, -0.25) is 0 Å². The topological polar surface area (TPSA) is 45.0 Å². The normalized spacial score (nSPS) is 10.1. The number of nitrogens with one attached hydrogen (secondary N) is 1. The zero-order chi connectivity index (χ0) is 15.1. The van der Waals surface area contributed by atoms with E-state index in [2.05, 4.69) is 24.4 Å². The van der Waals surface area contributed by atoms with Crippen LogP contribution in [0, 0.1) is 11.3 Å². The van der Waals surface area contributed by atoms with Crippen molar-refractivity contribution in [3.05, 3.63) is 53.6 Å². The van der Waals surface area contributed by atoms with Crippen molar-refractivity contribution in [2.75, 3.05) is 13.7 Å². The molecule has 0 fully saturated rings. The number of benzene rings is 2. The summed E-state index contributed by atoms with van der Waals surface area (Å²) in [6.07, 6.45) is 0. The monoisotopic (exact) mass is 298 g/mol. The van der Waals surface area contributed by atoms with Crippen LogP contribution in [0.4, 0.5) is 0 Å². The minimum absolute atomic E-state index is 0.696. The van der Waals surface area contributed by atoms with Gasteiger partial charge in [-0.15, -0.1) is 0 Å². The molecule has 0 aliphatic rings. The summed E-state index contributed by atoms with van der Waals surface area (Å²) in [5.74, 6) is 0.822. The van der Waals surface area contributed by atoms with Crippen LogP contribution in [-0.2, 0) is 6.54 Å². The molecule has 0 amide bonds. The van der Waals surface area contributed by atoms with Gasteiger partial charge in [-0.05, 0) is 36.4 Å². The summed E-state index contributed by atoms with van der Waals surface area (Å²) in [6.45, 7) is 3.77. The number of nitrogens with zero attached hydrogens (tertiary/aromatic N) is 1. The van der Waals surface area contributed by atoms with Crippen LogP contribution in [-0.4, -0.2) is 13.7 Å². The molecule has 0 saturated heterocycles. The SMILES string of the molecule is CCNCc1ccc(Sc2ccccc2OC)c(C#N)c1. The molecule has 1 N–H and O–H groups in total. The average Bonchev–Trinajstić information content (AvgIpc) is 2.54. The zero-order valence-corrected chi connectivity index (χ0v) is 13.0. The molecule has 0 spiro atoms. The van der Waals surface area contributed by atoms with Crippen molar-refractivity contribution in [1.29, 1.82) is 5.26 Å². The molecule has 0 aromatic heterocycles. The molecule has 0 unspecified atom stereocenters. The van der Waals surface area contributed by atoms with E-state index < -0.39 is 0 Å². The Bertz CT molecular complexity index is 649. The van der Waals surface area contributed by atoms with Gasteiger partial charge in [0.1, 0.15) is 11.8 Å². The van der Waals surface area contributed by atoms with Crippen LogP contribution in [0.1, 0.15) is 18.1 Å². The molecule has 0 bridgehead atoms. The Kier molecular flexibility index (Phi) is 5.68. The lowest BCUT2D eigenvalue weighted by Gasteiger charge is -2.10. The fraction of sp³-hybridized carbons (Fsp3) is 0.235. The Balaban J connectivity index is 2.26. The molecule has 0 atom stereocenters. The summed E-state index contributed by atoms with van der Waals surface area (Å²) in [4.78, 5) is 1.96. The predicted molar refractivity (Wildman–Crippen MR) is 85.7 cm³/mol. The van der Waals surface area contributed by atoms with Gasteiger partial charge in [0, 0.05) is 11.4 Å². The van der Waals surface area contributed by atoms with E-state index in [9.17, 15) is 5.26 Å². The second-order valence-electron chi connectivity index (χ2n) is 4.48. The standard InChI is InChI=1S/C17H18N2OS/c1-3-19-12-13-8-9-16(14(10-13)11-18)21-17-7-5-4-6-15(17)20-2/h4-10,19H,3,12H2,1-2H3. The Hall–Kier alpha value is -1.96. The van der Waals surface area contributed by atoms with E-state index >= 15 is 0 Å². The zero-order valence-electron chi connectivity index (χ0n) is 12.2. The van der Waals surface area contributed by atoms with Crippen molar-refractivity contribution < 1.29 is 4.74 Å². The van der Waals surface area contributed by atoms with Crippen LogP contribution < -0.4 is 10.1 Å². The minimum Gasteiger partial charge on any atom is -0.496 e. The van der Waals surface area contributed by atoms with Gasteiger partial charge in [0.05, 0.1) is 17.6 Å². The number of para-hydroxylation sites is 1. The molecule has 108 valence electrons. The maximum Gasteiger partial charge on any atom is 0.132 e. The lowest BCUT2D eigenvalue weighted by Crippen LogP contribution is -2.11. The number of hydrogen-bond acceptors (Lipinski definition) is 4.